The van der Waals surface area contributed by atoms with Gasteiger partial charge in [-0.2, -0.15) is 10.5 Å². The largest absolute Gasteiger partial charge is 0.315 e. The van der Waals surface area contributed by atoms with Crippen LogP contribution in [0.5, 0.6) is 0 Å². The minimum atomic E-state index is 0.545. The Balaban J connectivity index is 0. The second kappa shape index (κ2) is 16.9. The number of hydrogen-bond acceptors (Lipinski definition) is 4. The predicted octanol–water partition coefficient (Wildman–Crippen LogP) is 2.97. The molecule has 0 amide bonds. The van der Waals surface area contributed by atoms with Crippen LogP contribution in [0.2, 0.25) is 0 Å². The fraction of sp³-hybridized carbons (Fsp3) is 0.867. The maximum absolute atomic E-state index is 8.20. The Labute approximate surface area is 119 Å². The maximum atomic E-state index is 8.20. The number of unbranched alkanes of at least 4 members (excludes halogenated alkanes) is 3. The monoisotopic (exact) mass is 266 g/mol. The van der Waals surface area contributed by atoms with Crippen molar-refractivity contribution in [1.29, 1.82) is 10.5 Å². The van der Waals surface area contributed by atoms with Crippen LogP contribution in [-0.2, 0) is 0 Å². The van der Waals surface area contributed by atoms with Gasteiger partial charge in [0.1, 0.15) is 0 Å². The van der Waals surface area contributed by atoms with Crippen LogP contribution in [0.3, 0.4) is 0 Å². The second-order valence-corrected chi connectivity index (χ2v) is 5.09. The SMILES string of the molecule is CC(C)NCCCC#N.CC(C)NCCCCC#N. The van der Waals surface area contributed by atoms with Gasteiger partial charge < -0.3 is 10.6 Å². The Morgan fingerprint density at radius 2 is 1.16 bits per heavy atom. The number of nitrogens with one attached hydrogen (secondary N) is 2. The van der Waals surface area contributed by atoms with Crippen molar-refractivity contribution in [3.63, 3.8) is 0 Å². The lowest BCUT2D eigenvalue weighted by atomic mass is 10.2. The molecule has 0 rings (SSSR count). The highest BCUT2D eigenvalue weighted by molar-refractivity contribution is 4.69. The van der Waals surface area contributed by atoms with E-state index in [1.807, 2.05) is 0 Å². The average Bonchev–Trinajstić information content (AvgIpc) is 2.35. The van der Waals surface area contributed by atoms with Crippen LogP contribution in [0.15, 0.2) is 0 Å². The lowest BCUT2D eigenvalue weighted by molar-refractivity contribution is 0.560. The van der Waals surface area contributed by atoms with Crippen molar-refractivity contribution < 1.29 is 0 Å². The highest BCUT2D eigenvalue weighted by Gasteiger charge is 1.90. The van der Waals surface area contributed by atoms with Gasteiger partial charge in [0.2, 0.25) is 0 Å². The lowest BCUT2D eigenvalue weighted by Gasteiger charge is -2.05. The molecule has 0 atom stereocenters. The van der Waals surface area contributed by atoms with Crippen molar-refractivity contribution in [2.75, 3.05) is 13.1 Å². The highest BCUT2D eigenvalue weighted by Crippen LogP contribution is 1.91. The first-order valence-corrected chi connectivity index (χ1v) is 7.25. The third-order valence-electron chi connectivity index (χ3n) is 2.29. The average molecular weight is 266 g/mol. The van der Waals surface area contributed by atoms with Crippen LogP contribution in [0.1, 0.15) is 59.8 Å². The van der Waals surface area contributed by atoms with Crippen molar-refractivity contribution >= 4 is 0 Å². The van der Waals surface area contributed by atoms with Crippen molar-refractivity contribution in [2.45, 2.75) is 71.9 Å². The van der Waals surface area contributed by atoms with E-state index in [-0.39, 0.29) is 0 Å². The van der Waals surface area contributed by atoms with Gasteiger partial charge in [0.05, 0.1) is 12.1 Å². The van der Waals surface area contributed by atoms with Crippen LogP contribution in [0.4, 0.5) is 0 Å². The molecule has 0 aliphatic carbocycles. The van der Waals surface area contributed by atoms with E-state index in [1.165, 1.54) is 0 Å². The summed E-state index contributed by atoms with van der Waals surface area (Å²) < 4.78 is 0. The molecule has 0 radical (unpaired) electrons. The van der Waals surface area contributed by atoms with E-state index >= 15 is 0 Å². The Hall–Kier alpha value is -1.10. The minimum absolute atomic E-state index is 0.545. The Morgan fingerprint density at radius 1 is 0.737 bits per heavy atom. The summed E-state index contributed by atoms with van der Waals surface area (Å²) in [4.78, 5) is 0. The van der Waals surface area contributed by atoms with E-state index < -0.39 is 0 Å². The first-order valence-electron chi connectivity index (χ1n) is 7.25. The smallest absolute Gasteiger partial charge is 0.0622 e. The first kappa shape index (κ1) is 20.2. The van der Waals surface area contributed by atoms with E-state index in [9.17, 15) is 0 Å². The molecule has 0 fully saturated rings. The first-order chi connectivity index (χ1) is 9.04. The fourth-order valence-corrected chi connectivity index (χ4v) is 1.28. The van der Waals surface area contributed by atoms with E-state index in [4.69, 9.17) is 10.5 Å². The van der Waals surface area contributed by atoms with Crippen molar-refractivity contribution in [2.24, 2.45) is 0 Å². The second-order valence-electron chi connectivity index (χ2n) is 5.09. The molecule has 2 N–H and O–H groups in total. The summed E-state index contributed by atoms with van der Waals surface area (Å²) in [6, 6.07) is 5.35. The topological polar surface area (TPSA) is 71.6 Å². The molecule has 110 valence electrons. The molecule has 0 aliphatic rings. The van der Waals surface area contributed by atoms with Gasteiger partial charge in [-0.3, -0.25) is 0 Å². The minimum Gasteiger partial charge on any atom is -0.315 e. The zero-order valence-corrected chi connectivity index (χ0v) is 13.0. The van der Waals surface area contributed by atoms with Crippen LogP contribution >= 0.6 is 0 Å². The number of nitriles is 2. The zero-order valence-electron chi connectivity index (χ0n) is 13.0. The fourth-order valence-electron chi connectivity index (χ4n) is 1.28. The number of nitrogens with zero attached hydrogens (tertiary/aromatic N) is 2. The quantitative estimate of drug-likeness (QED) is 0.629. The number of rotatable bonds is 9. The van der Waals surface area contributed by atoms with Crippen LogP contribution < -0.4 is 10.6 Å². The molecule has 0 spiro atoms. The molecule has 0 bridgehead atoms. The lowest BCUT2D eigenvalue weighted by Crippen LogP contribution is -2.23. The molecule has 0 unspecified atom stereocenters. The molecule has 0 aromatic carbocycles. The molecule has 19 heavy (non-hydrogen) atoms. The third-order valence-corrected chi connectivity index (χ3v) is 2.29. The van der Waals surface area contributed by atoms with Gasteiger partial charge in [-0.05, 0) is 32.4 Å². The van der Waals surface area contributed by atoms with Gasteiger partial charge >= 0.3 is 0 Å². The Kier molecular flexibility index (Phi) is 18.0. The van der Waals surface area contributed by atoms with E-state index in [0.717, 1.165) is 32.4 Å². The van der Waals surface area contributed by atoms with Gasteiger partial charge in [-0.15, -0.1) is 0 Å². The van der Waals surface area contributed by atoms with Crippen LogP contribution in [0, 0.1) is 22.7 Å². The summed E-state index contributed by atoms with van der Waals surface area (Å²) in [6.07, 6.45) is 4.47. The molecule has 4 heteroatoms. The number of hydrogen-bond donors (Lipinski definition) is 2. The summed E-state index contributed by atoms with van der Waals surface area (Å²) in [5, 5.41) is 22.9. The maximum Gasteiger partial charge on any atom is 0.0622 e. The molecular formula is C15H30N4. The van der Waals surface area contributed by atoms with Gasteiger partial charge in [-0.1, -0.05) is 27.7 Å². The molecular weight excluding hydrogens is 236 g/mol. The summed E-state index contributed by atoms with van der Waals surface area (Å²) in [6.45, 7) is 10.5. The van der Waals surface area contributed by atoms with Gasteiger partial charge in [0.25, 0.3) is 0 Å². The molecule has 0 saturated carbocycles. The standard InChI is InChI=1S/C8H16N2.C7H14N2/c1-8(2)10-7-5-3-4-6-9;1-7(2)9-6-4-3-5-8/h8,10H,3-5,7H2,1-2H3;7,9H,3-4,6H2,1-2H3. The van der Waals surface area contributed by atoms with E-state index in [2.05, 4.69) is 50.5 Å². The van der Waals surface area contributed by atoms with Gasteiger partial charge in [0.15, 0.2) is 0 Å². The highest BCUT2D eigenvalue weighted by atomic mass is 14.9. The Morgan fingerprint density at radius 3 is 1.58 bits per heavy atom. The van der Waals surface area contributed by atoms with Gasteiger partial charge in [-0.25, -0.2) is 0 Å². The van der Waals surface area contributed by atoms with Gasteiger partial charge in [0, 0.05) is 24.9 Å². The molecule has 0 heterocycles. The summed E-state index contributed by atoms with van der Waals surface area (Å²) >= 11 is 0. The normalized spacial score (nSPS) is 9.68. The summed E-state index contributed by atoms with van der Waals surface area (Å²) in [5.74, 6) is 0. The van der Waals surface area contributed by atoms with Crippen LogP contribution in [0.25, 0.3) is 0 Å². The predicted molar refractivity (Wildman–Crippen MR) is 80.6 cm³/mol. The molecule has 0 aliphatic heterocycles. The van der Waals surface area contributed by atoms with Crippen LogP contribution in [-0.4, -0.2) is 25.2 Å². The molecule has 0 aromatic rings. The summed E-state index contributed by atoms with van der Waals surface area (Å²) in [5.41, 5.74) is 0. The zero-order chi connectivity index (χ0) is 14.9. The Bertz CT molecular complexity index is 248. The molecule has 0 saturated heterocycles. The van der Waals surface area contributed by atoms with Crippen molar-refractivity contribution in [3.05, 3.63) is 0 Å². The third kappa shape index (κ3) is 26.5. The molecule has 4 nitrogen and oxygen atoms in total. The van der Waals surface area contributed by atoms with Crippen molar-refractivity contribution in [3.8, 4) is 12.1 Å². The van der Waals surface area contributed by atoms with Crippen molar-refractivity contribution in [1.82, 2.24) is 10.6 Å². The van der Waals surface area contributed by atoms with E-state index in [0.29, 0.717) is 24.9 Å². The summed E-state index contributed by atoms with van der Waals surface area (Å²) in [7, 11) is 0. The molecule has 0 aromatic heterocycles. The van der Waals surface area contributed by atoms with E-state index in [1.54, 1.807) is 0 Å².